The van der Waals surface area contributed by atoms with E-state index in [-0.39, 0.29) is 28.4 Å². The van der Waals surface area contributed by atoms with Gasteiger partial charge < -0.3 is 21.5 Å². The van der Waals surface area contributed by atoms with E-state index >= 15 is 0 Å². The molecule has 36 heavy (non-hydrogen) atoms. The average Bonchev–Trinajstić information content (AvgIpc) is 3.24. The van der Waals surface area contributed by atoms with Crippen molar-refractivity contribution in [1.29, 1.82) is 0 Å². The maximum atomic E-state index is 13.9. The largest absolute Gasteiger partial charge is 0.465 e. The van der Waals surface area contributed by atoms with E-state index in [9.17, 15) is 23.6 Å². The molecule has 0 saturated heterocycles. The first-order valence-electron chi connectivity index (χ1n) is 10.8. The first-order chi connectivity index (χ1) is 17.1. The van der Waals surface area contributed by atoms with Crippen LogP contribution in [0.1, 0.15) is 44.3 Å². The number of para-hydroxylation sites is 1. The Balaban J connectivity index is 2.17. The fraction of sp³-hybridized carbons (Fsp3) is 0.208. The van der Waals surface area contributed by atoms with Crippen LogP contribution in [0.3, 0.4) is 0 Å². The number of anilines is 2. The number of aromatic nitrogens is 1. The summed E-state index contributed by atoms with van der Waals surface area (Å²) in [5, 5.41) is 2.48. The molecule has 3 amide bonds. The second-order valence-electron chi connectivity index (χ2n) is 7.58. The van der Waals surface area contributed by atoms with Crippen molar-refractivity contribution in [3.63, 3.8) is 0 Å². The smallest absolute Gasteiger partial charge is 0.325 e. The molecule has 1 heterocycles. The van der Waals surface area contributed by atoms with Crippen LogP contribution in [-0.2, 0) is 14.3 Å². The Morgan fingerprint density at radius 3 is 2.39 bits per heavy atom. The maximum Gasteiger partial charge on any atom is 0.325 e. The Hall–Kier alpha value is -4.32. The van der Waals surface area contributed by atoms with Crippen molar-refractivity contribution in [2.45, 2.75) is 19.9 Å². The number of hydrogen-bond acceptors (Lipinski definition) is 8. The molecule has 1 atom stereocenters. The number of aryl methyl sites for hydroxylation is 1. The summed E-state index contributed by atoms with van der Waals surface area (Å²) in [6.45, 7) is 3.03. The van der Waals surface area contributed by atoms with Crippen LogP contribution >= 0.6 is 11.5 Å². The van der Waals surface area contributed by atoms with Gasteiger partial charge in [0.25, 0.3) is 11.8 Å². The minimum Gasteiger partial charge on any atom is -0.465 e. The van der Waals surface area contributed by atoms with Gasteiger partial charge in [0.15, 0.2) is 5.69 Å². The third-order valence-electron chi connectivity index (χ3n) is 5.15. The first kappa shape index (κ1) is 26.3. The van der Waals surface area contributed by atoms with E-state index in [1.807, 2.05) is 0 Å². The lowest BCUT2D eigenvalue weighted by atomic mass is 10.0. The van der Waals surface area contributed by atoms with Crippen molar-refractivity contribution in [2.24, 2.45) is 5.73 Å². The Morgan fingerprint density at radius 2 is 1.81 bits per heavy atom. The van der Waals surface area contributed by atoms with Gasteiger partial charge in [0.1, 0.15) is 23.3 Å². The average molecular weight is 514 g/mol. The monoisotopic (exact) mass is 513 g/mol. The molecule has 5 N–H and O–H groups in total. The Labute approximate surface area is 210 Å². The van der Waals surface area contributed by atoms with Gasteiger partial charge in [0.2, 0.25) is 5.91 Å². The highest BCUT2D eigenvalue weighted by Crippen LogP contribution is 2.34. The van der Waals surface area contributed by atoms with Crippen LogP contribution in [0.2, 0.25) is 0 Å². The number of nitrogens with zero attached hydrogens (tertiary/aromatic N) is 2. The molecule has 0 aliphatic heterocycles. The summed E-state index contributed by atoms with van der Waals surface area (Å²) < 4.78 is 22.5. The zero-order valence-electron chi connectivity index (χ0n) is 19.5. The fourth-order valence-electron chi connectivity index (χ4n) is 3.47. The van der Waals surface area contributed by atoms with E-state index in [1.165, 1.54) is 12.1 Å². The number of esters is 1. The third-order valence-corrected chi connectivity index (χ3v) is 6.00. The molecule has 188 valence electrons. The molecular formula is C24H24FN5O5S. The summed E-state index contributed by atoms with van der Waals surface area (Å²) in [4.78, 5) is 52.0. The predicted octanol–water partition coefficient (Wildman–Crippen LogP) is 2.34. The standard InChI is InChI=1S/C24H24FN5O5S/c1-3-35-17(31)12-28-23(33)20(14-8-10-15(25)11-9-14)30(16-7-5-4-6-13(16)2)24(34)21-18(26)19(22(27)32)29-36-21/h4-11,20H,3,12,26H2,1-2H3,(H2,27,32)(H,28,33). The van der Waals surface area contributed by atoms with Crippen LogP contribution < -0.4 is 21.7 Å². The van der Waals surface area contributed by atoms with Gasteiger partial charge in [-0.3, -0.25) is 24.1 Å². The maximum absolute atomic E-state index is 13.9. The molecule has 1 unspecified atom stereocenters. The molecule has 0 fully saturated rings. The molecule has 0 spiro atoms. The van der Waals surface area contributed by atoms with Gasteiger partial charge in [-0.1, -0.05) is 30.3 Å². The lowest BCUT2D eigenvalue weighted by molar-refractivity contribution is -0.143. The number of rotatable bonds is 9. The van der Waals surface area contributed by atoms with Crippen LogP contribution in [-0.4, -0.2) is 41.2 Å². The van der Waals surface area contributed by atoms with Gasteiger partial charge in [-0.2, -0.15) is 4.37 Å². The zero-order chi connectivity index (χ0) is 26.4. The molecule has 3 aromatic rings. The molecule has 10 nitrogen and oxygen atoms in total. The van der Waals surface area contributed by atoms with Crippen molar-refractivity contribution < 1.29 is 28.3 Å². The molecule has 3 rings (SSSR count). The molecule has 1 aromatic heterocycles. The minimum atomic E-state index is -1.35. The highest BCUT2D eigenvalue weighted by molar-refractivity contribution is 7.09. The Bertz CT molecular complexity index is 1290. The number of primary amides is 1. The molecule has 2 aromatic carbocycles. The number of nitrogens with two attached hydrogens (primary N) is 2. The SMILES string of the molecule is CCOC(=O)CNC(=O)C(c1ccc(F)cc1)N(C(=O)c1snc(C(N)=O)c1N)c1ccccc1C. The topological polar surface area (TPSA) is 158 Å². The van der Waals surface area contributed by atoms with Crippen LogP contribution in [0.5, 0.6) is 0 Å². The quantitative estimate of drug-likeness (QED) is 0.371. The van der Waals surface area contributed by atoms with Crippen molar-refractivity contribution in [3.8, 4) is 0 Å². The summed E-state index contributed by atoms with van der Waals surface area (Å²) in [6, 6.07) is 10.4. The van der Waals surface area contributed by atoms with Crippen LogP contribution in [0, 0.1) is 12.7 Å². The summed E-state index contributed by atoms with van der Waals surface area (Å²) in [5.41, 5.74) is 12.1. The second kappa shape index (κ2) is 11.4. The first-order valence-corrected chi connectivity index (χ1v) is 11.6. The third kappa shape index (κ3) is 5.66. The van der Waals surface area contributed by atoms with Gasteiger partial charge in [-0.15, -0.1) is 0 Å². The lowest BCUT2D eigenvalue weighted by Crippen LogP contribution is -2.45. The number of carbonyl (C=O) groups excluding carboxylic acids is 4. The van der Waals surface area contributed by atoms with E-state index in [2.05, 4.69) is 9.69 Å². The molecule has 0 bridgehead atoms. The van der Waals surface area contributed by atoms with E-state index in [0.29, 0.717) is 22.8 Å². The number of nitrogens with one attached hydrogen (secondary N) is 1. The van der Waals surface area contributed by atoms with Gasteiger partial charge >= 0.3 is 5.97 Å². The van der Waals surface area contributed by atoms with E-state index in [1.54, 1.807) is 38.1 Å². The summed E-state index contributed by atoms with van der Waals surface area (Å²) in [5.74, 6) is -3.60. The van der Waals surface area contributed by atoms with Crippen LogP contribution in [0.4, 0.5) is 15.8 Å². The minimum absolute atomic E-state index is 0.114. The number of amides is 3. The van der Waals surface area contributed by atoms with Gasteiger partial charge in [0, 0.05) is 5.69 Å². The van der Waals surface area contributed by atoms with Crippen LogP contribution in [0.15, 0.2) is 48.5 Å². The van der Waals surface area contributed by atoms with Gasteiger partial charge in [0.05, 0.1) is 12.3 Å². The molecule has 12 heteroatoms. The van der Waals surface area contributed by atoms with E-state index in [0.717, 1.165) is 17.0 Å². The van der Waals surface area contributed by atoms with Crippen molar-refractivity contribution in [1.82, 2.24) is 9.69 Å². The van der Waals surface area contributed by atoms with Gasteiger partial charge in [-0.25, -0.2) is 4.39 Å². The van der Waals surface area contributed by atoms with E-state index < -0.39 is 42.1 Å². The number of hydrogen-bond donors (Lipinski definition) is 3. The fourth-order valence-corrected chi connectivity index (χ4v) is 4.21. The molecule has 0 radical (unpaired) electrons. The predicted molar refractivity (Wildman–Crippen MR) is 132 cm³/mol. The normalized spacial score (nSPS) is 11.4. The van der Waals surface area contributed by atoms with Gasteiger partial charge in [-0.05, 0) is 54.7 Å². The Kier molecular flexibility index (Phi) is 8.33. The lowest BCUT2D eigenvalue weighted by Gasteiger charge is -2.32. The molecular weight excluding hydrogens is 489 g/mol. The molecule has 0 aliphatic rings. The molecule has 0 saturated carbocycles. The number of ether oxygens (including phenoxy) is 1. The van der Waals surface area contributed by atoms with E-state index in [4.69, 9.17) is 16.2 Å². The van der Waals surface area contributed by atoms with Crippen LogP contribution in [0.25, 0.3) is 0 Å². The highest BCUT2D eigenvalue weighted by atomic mass is 32.1. The molecule has 0 aliphatic carbocycles. The summed E-state index contributed by atoms with van der Waals surface area (Å²) in [6.07, 6.45) is 0. The van der Waals surface area contributed by atoms with Crippen molar-refractivity contribution >= 4 is 46.6 Å². The number of carbonyl (C=O) groups is 4. The Morgan fingerprint density at radius 1 is 1.14 bits per heavy atom. The number of halogens is 1. The zero-order valence-corrected chi connectivity index (χ0v) is 20.3. The summed E-state index contributed by atoms with van der Waals surface area (Å²) in [7, 11) is 0. The highest BCUT2D eigenvalue weighted by Gasteiger charge is 2.36. The summed E-state index contributed by atoms with van der Waals surface area (Å²) >= 11 is 0.660. The van der Waals surface area contributed by atoms with Crippen molar-refractivity contribution in [3.05, 3.63) is 76.0 Å². The number of benzene rings is 2. The number of nitrogen functional groups attached to an aromatic ring is 1. The second-order valence-corrected chi connectivity index (χ2v) is 8.35. The van der Waals surface area contributed by atoms with Crippen molar-refractivity contribution in [2.75, 3.05) is 23.8 Å².